The maximum Gasteiger partial charge on any atom is 0.268 e. The fraction of sp³-hybridized carbons (Fsp3) is 0.278. The molecule has 0 saturated heterocycles. The molecule has 1 atom stereocenters. The van der Waals surface area contributed by atoms with Crippen molar-refractivity contribution < 1.29 is 18.0 Å². The molecule has 152 valence electrons. The molecule has 0 saturated carbocycles. The molecule has 0 spiro atoms. The number of H-pyrrole nitrogens is 1. The quantitative estimate of drug-likeness (QED) is 0.615. The molecule has 2 amide bonds. The van der Waals surface area contributed by atoms with E-state index in [1.54, 1.807) is 30.5 Å². The van der Waals surface area contributed by atoms with E-state index >= 15 is 0 Å². The Kier molecular flexibility index (Phi) is 5.09. The van der Waals surface area contributed by atoms with Crippen molar-refractivity contribution in [3.63, 3.8) is 0 Å². The van der Waals surface area contributed by atoms with E-state index in [1.807, 2.05) is 0 Å². The Morgan fingerprint density at radius 1 is 1.45 bits per heavy atom. The Balaban J connectivity index is 1.57. The molecular weight excluding hydrogens is 436 g/mol. The van der Waals surface area contributed by atoms with Crippen molar-refractivity contribution in [2.24, 2.45) is 0 Å². The number of hydrogen-bond donors (Lipinski definition) is 2. The summed E-state index contributed by atoms with van der Waals surface area (Å²) in [6.07, 6.45) is 2.95. The summed E-state index contributed by atoms with van der Waals surface area (Å²) in [6.45, 7) is -0.000533. The number of sulfone groups is 1. The van der Waals surface area contributed by atoms with Crippen LogP contribution < -0.4 is 10.2 Å². The summed E-state index contributed by atoms with van der Waals surface area (Å²) in [5, 5.41) is 3.56. The Morgan fingerprint density at radius 2 is 2.24 bits per heavy atom. The highest BCUT2D eigenvalue weighted by molar-refractivity contribution is 7.90. The third-order valence-corrected chi connectivity index (χ3v) is 6.75. The second-order valence-corrected chi connectivity index (χ2v) is 10.8. The van der Waals surface area contributed by atoms with Crippen LogP contribution in [0.5, 0.6) is 0 Å². The van der Waals surface area contributed by atoms with Crippen molar-refractivity contribution in [1.82, 2.24) is 15.3 Å². The van der Waals surface area contributed by atoms with E-state index in [4.69, 9.17) is 11.6 Å². The molecule has 1 aliphatic heterocycles. The third-order valence-electron chi connectivity index (χ3n) is 4.63. The van der Waals surface area contributed by atoms with Crippen LogP contribution in [0.3, 0.4) is 0 Å². The molecule has 29 heavy (non-hydrogen) atoms. The predicted molar refractivity (Wildman–Crippen MR) is 112 cm³/mol. The van der Waals surface area contributed by atoms with Crippen molar-refractivity contribution in [3.8, 4) is 0 Å². The van der Waals surface area contributed by atoms with E-state index < -0.39 is 21.8 Å². The summed E-state index contributed by atoms with van der Waals surface area (Å²) in [7, 11) is -3.26. The standard InChI is InChI=1S/C18H17ClN4O4S2/c1-29(26,27)6-5-23-14-3-2-4-20-11(14)9-13(18(23)25)21-16(24)12-7-10-8-15(19)28-17(10)22-12/h2-4,7-8,13,22H,5-6,9H2,1H3,(H,21,24). The number of amides is 2. The van der Waals surface area contributed by atoms with E-state index in [1.165, 1.54) is 16.2 Å². The van der Waals surface area contributed by atoms with Crippen molar-refractivity contribution in [3.05, 3.63) is 46.2 Å². The largest absolute Gasteiger partial charge is 0.342 e. The van der Waals surface area contributed by atoms with E-state index in [0.29, 0.717) is 21.4 Å². The van der Waals surface area contributed by atoms with Crippen LogP contribution in [0.1, 0.15) is 16.2 Å². The number of nitrogens with one attached hydrogen (secondary N) is 2. The van der Waals surface area contributed by atoms with Crippen LogP contribution in [0.15, 0.2) is 30.5 Å². The maximum atomic E-state index is 13.0. The number of pyridine rings is 1. The number of nitrogens with zero attached hydrogens (tertiary/aromatic N) is 2. The molecule has 3 aromatic heterocycles. The monoisotopic (exact) mass is 452 g/mol. The molecule has 0 aromatic carbocycles. The summed E-state index contributed by atoms with van der Waals surface area (Å²) in [5.74, 6) is -0.967. The van der Waals surface area contributed by atoms with Gasteiger partial charge < -0.3 is 15.2 Å². The summed E-state index contributed by atoms with van der Waals surface area (Å²) < 4.78 is 23.8. The number of aromatic nitrogens is 2. The van der Waals surface area contributed by atoms with Gasteiger partial charge in [-0.3, -0.25) is 14.6 Å². The lowest BCUT2D eigenvalue weighted by molar-refractivity contribution is -0.120. The average Bonchev–Trinajstić information content (AvgIpc) is 3.18. The summed E-state index contributed by atoms with van der Waals surface area (Å²) in [6, 6.07) is 6.01. The SMILES string of the molecule is CS(=O)(=O)CCN1C(=O)C(NC(=O)c2cc3cc(Cl)sc3[nH]2)Cc2ncccc21. The molecule has 4 rings (SSSR count). The van der Waals surface area contributed by atoms with Crippen molar-refractivity contribution >= 4 is 60.5 Å². The van der Waals surface area contributed by atoms with Crippen molar-refractivity contribution in [2.75, 3.05) is 23.5 Å². The zero-order chi connectivity index (χ0) is 20.8. The molecule has 11 heteroatoms. The molecule has 3 aromatic rings. The van der Waals surface area contributed by atoms with Gasteiger partial charge in [-0.15, -0.1) is 11.3 Å². The van der Waals surface area contributed by atoms with Crippen molar-refractivity contribution in [1.29, 1.82) is 0 Å². The van der Waals surface area contributed by atoms with Gasteiger partial charge in [-0.25, -0.2) is 8.42 Å². The Hall–Kier alpha value is -2.43. The average molecular weight is 453 g/mol. The number of halogens is 1. The molecule has 0 aliphatic carbocycles. The number of rotatable bonds is 5. The van der Waals surface area contributed by atoms with Gasteiger partial charge in [0.05, 0.1) is 21.5 Å². The van der Waals surface area contributed by atoms with Crippen LogP contribution in [0.25, 0.3) is 10.2 Å². The normalized spacial score (nSPS) is 16.8. The van der Waals surface area contributed by atoms with Gasteiger partial charge >= 0.3 is 0 Å². The van der Waals surface area contributed by atoms with Crippen LogP contribution in [0.2, 0.25) is 4.34 Å². The second kappa shape index (κ2) is 7.43. The van der Waals surface area contributed by atoms with Gasteiger partial charge in [0.1, 0.15) is 26.4 Å². The molecule has 0 bridgehead atoms. The summed E-state index contributed by atoms with van der Waals surface area (Å²) in [5.41, 5.74) is 1.53. The topological polar surface area (TPSA) is 112 Å². The van der Waals surface area contributed by atoms with Crippen LogP contribution in [-0.2, 0) is 21.1 Å². The number of carbonyl (C=O) groups excluding carboxylic acids is 2. The summed E-state index contributed by atoms with van der Waals surface area (Å²) >= 11 is 7.28. The van der Waals surface area contributed by atoms with E-state index in [2.05, 4.69) is 15.3 Å². The number of thiophene rings is 1. The molecule has 1 unspecified atom stereocenters. The molecular formula is C18H17ClN4O4S2. The molecule has 2 N–H and O–H groups in total. The van der Waals surface area contributed by atoms with E-state index in [0.717, 1.165) is 16.5 Å². The number of carbonyl (C=O) groups is 2. The minimum absolute atomic E-state index is 0.000533. The molecule has 0 fully saturated rings. The van der Waals surface area contributed by atoms with Gasteiger partial charge in [0.25, 0.3) is 5.91 Å². The first-order valence-electron chi connectivity index (χ1n) is 8.73. The molecule has 4 heterocycles. The zero-order valence-electron chi connectivity index (χ0n) is 15.3. The molecule has 0 radical (unpaired) electrons. The number of anilines is 1. The number of hydrogen-bond acceptors (Lipinski definition) is 6. The first kappa shape index (κ1) is 19.9. The van der Waals surface area contributed by atoms with Gasteiger partial charge in [-0.05, 0) is 24.3 Å². The van der Waals surface area contributed by atoms with E-state index in [9.17, 15) is 18.0 Å². The Labute approximate surface area is 175 Å². The van der Waals surface area contributed by atoms with Gasteiger partial charge in [0.2, 0.25) is 5.91 Å². The molecule has 1 aliphatic rings. The number of aromatic amines is 1. The van der Waals surface area contributed by atoms with Gasteiger partial charge in [-0.2, -0.15) is 0 Å². The highest BCUT2D eigenvalue weighted by Crippen LogP contribution is 2.30. The van der Waals surface area contributed by atoms with Crippen LogP contribution in [0, 0.1) is 0 Å². The van der Waals surface area contributed by atoms with E-state index in [-0.39, 0.29) is 24.6 Å². The lowest BCUT2D eigenvalue weighted by Crippen LogP contribution is -2.54. The highest BCUT2D eigenvalue weighted by atomic mass is 35.5. The smallest absolute Gasteiger partial charge is 0.268 e. The van der Waals surface area contributed by atoms with Gasteiger partial charge in [-0.1, -0.05) is 11.6 Å². The lowest BCUT2D eigenvalue weighted by Gasteiger charge is -2.33. The zero-order valence-corrected chi connectivity index (χ0v) is 17.7. The fourth-order valence-corrected chi connectivity index (χ4v) is 4.91. The fourth-order valence-electron chi connectivity index (χ4n) is 3.27. The molecule has 8 nitrogen and oxygen atoms in total. The lowest BCUT2D eigenvalue weighted by atomic mass is 10.0. The maximum absolute atomic E-state index is 13.0. The van der Waals surface area contributed by atoms with Crippen molar-refractivity contribution in [2.45, 2.75) is 12.5 Å². The van der Waals surface area contributed by atoms with Gasteiger partial charge in [0.15, 0.2) is 0 Å². The predicted octanol–water partition coefficient (Wildman–Crippen LogP) is 2.01. The Bertz CT molecular complexity index is 1190. The minimum Gasteiger partial charge on any atom is -0.342 e. The first-order valence-corrected chi connectivity index (χ1v) is 12.0. The number of fused-ring (bicyclic) bond motifs is 2. The van der Waals surface area contributed by atoms with Gasteiger partial charge in [0, 0.05) is 30.8 Å². The van der Waals surface area contributed by atoms with Crippen LogP contribution >= 0.6 is 22.9 Å². The highest BCUT2D eigenvalue weighted by Gasteiger charge is 2.35. The van der Waals surface area contributed by atoms with Crippen LogP contribution in [0.4, 0.5) is 5.69 Å². The van der Waals surface area contributed by atoms with Crippen LogP contribution in [-0.4, -0.2) is 54.8 Å². The Morgan fingerprint density at radius 3 is 2.97 bits per heavy atom. The minimum atomic E-state index is -3.26. The third kappa shape index (κ3) is 4.14. The summed E-state index contributed by atoms with van der Waals surface area (Å²) in [4.78, 5) is 35.1. The second-order valence-electron chi connectivity index (χ2n) is 6.84. The first-order chi connectivity index (χ1) is 13.7.